The molecule has 1 heterocycles. The van der Waals surface area contributed by atoms with Crippen molar-refractivity contribution < 1.29 is 24.1 Å². The molecule has 0 spiro atoms. The van der Waals surface area contributed by atoms with Gasteiger partial charge in [-0.2, -0.15) is 5.10 Å². The van der Waals surface area contributed by atoms with Crippen LogP contribution in [0, 0.1) is 0 Å². The van der Waals surface area contributed by atoms with Crippen molar-refractivity contribution in [3.63, 3.8) is 0 Å². The van der Waals surface area contributed by atoms with Gasteiger partial charge in [0.1, 0.15) is 17.2 Å². The van der Waals surface area contributed by atoms with E-state index in [1.165, 1.54) is 0 Å². The van der Waals surface area contributed by atoms with E-state index < -0.39 is 0 Å². The summed E-state index contributed by atoms with van der Waals surface area (Å²) in [4.78, 5) is 11.8. The Bertz CT molecular complexity index is 1080. The first-order valence-corrected chi connectivity index (χ1v) is 12.4. The Balaban J connectivity index is 1.56. The standard InChI is InChI=1S/C28H36N2O5/c1-4-9-22-21(12-13-28(32)33-6-3)10-7-11-26(22)34-16-8-17-35-27-19-25(31)23(18-20(27)5-2)24-14-15-29-30-24/h7,10-11,14-15,18-19,31H,4-6,8-9,12-13,16-17H2,1-3H3,(H,29,30). The minimum absolute atomic E-state index is 0.154. The molecule has 35 heavy (non-hydrogen) atoms. The van der Waals surface area contributed by atoms with Gasteiger partial charge in [0.05, 0.1) is 25.5 Å². The van der Waals surface area contributed by atoms with Crippen LogP contribution in [0.3, 0.4) is 0 Å². The van der Waals surface area contributed by atoms with Crippen LogP contribution >= 0.6 is 0 Å². The lowest BCUT2D eigenvalue weighted by atomic mass is 9.98. The highest BCUT2D eigenvalue weighted by atomic mass is 16.5. The van der Waals surface area contributed by atoms with Gasteiger partial charge in [-0.3, -0.25) is 9.89 Å². The normalized spacial score (nSPS) is 10.8. The molecule has 0 bridgehead atoms. The number of aryl methyl sites for hydroxylation is 2. The van der Waals surface area contributed by atoms with E-state index >= 15 is 0 Å². The highest BCUT2D eigenvalue weighted by molar-refractivity contribution is 5.70. The second kappa shape index (κ2) is 13.4. The van der Waals surface area contributed by atoms with Crippen LogP contribution in [0.25, 0.3) is 11.3 Å². The van der Waals surface area contributed by atoms with Gasteiger partial charge in [0.15, 0.2) is 0 Å². The van der Waals surface area contributed by atoms with Crippen molar-refractivity contribution in [2.24, 2.45) is 0 Å². The summed E-state index contributed by atoms with van der Waals surface area (Å²) in [7, 11) is 0. The minimum Gasteiger partial charge on any atom is -0.507 e. The van der Waals surface area contributed by atoms with E-state index in [9.17, 15) is 9.90 Å². The number of hydrogen-bond donors (Lipinski definition) is 2. The molecule has 0 atom stereocenters. The SMILES string of the molecule is CCCc1c(CCC(=O)OCC)cccc1OCCCOc1cc(O)c(-c2ccn[nH]2)cc1CC. The first-order chi connectivity index (χ1) is 17.1. The number of aromatic hydroxyl groups is 1. The molecule has 0 unspecified atom stereocenters. The molecule has 0 saturated heterocycles. The van der Waals surface area contributed by atoms with Crippen molar-refractivity contribution in [1.82, 2.24) is 10.2 Å². The van der Waals surface area contributed by atoms with Crippen molar-refractivity contribution in [1.29, 1.82) is 0 Å². The summed E-state index contributed by atoms with van der Waals surface area (Å²) < 4.78 is 17.2. The molecule has 3 rings (SSSR count). The number of hydrogen-bond acceptors (Lipinski definition) is 6. The van der Waals surface area contributed by atoms with Gasteiger partial charge in [0.25, 0.3) is 0 Å². The molecule has 7 nitrogen and oxygen atoms in total. The molecule has 188 valence electrons. The summed E-state index contributed by atoms with van der Waals surface area (Å²) in [6.45, 7) is 7.40. The van der Waals surface area contributed by atoms with Crippen LogP contribution in [0.2, 0.25) is 0 Å². The van der Waals surface area contributed by atoms with Crippen molar-refractivity contribution in [2.75, 3.05) is 19.8 Å². The number of phenols is 1. The molecule has 0 fully saturated rings. The van der Waals surface area contributed by atoms with Gasteiger partial charge in [-0.05, 0) is 61.1 Å². The average Bonchev–Trinajstić information content (AvgIpc) is 3.39. The molecule has 2 N–H and O–H groups in total. The molecule has 0 saturated carbocycles. The van der Waals surface area contributed by atoms with Crippen LogP contribution in [-0.2, 0) is 28.8 Å². The highest BCUT2D eigenvalue weighted by Gasteiger charge is 2.13. The first kappa shape index (κ1) is 26.1. The van der Waals surface area contributed by atoms with Gasteiger partial charge in [0.2, 0.25) is 0 Å². The van der Waals surface area contributed by atoms with E-state index in [2.05, 4.69) is 30.1 Å². The topological polar surface area (TPSA) is 93.7 Å². The lowest BCUT2D eigenvalue weighted by Gasteiger charge is -2.16. The maximum absolute atomic E-state index is 11.8. The summed E-state index contributed by atoms with van der Waals surface area (Å²) in [6.07, 6.45) is 6.05. The number of H-pyrrole nitrogens is 1. The van der Waals surface area contributed by atoms with Crippen LogP contribution < -0.4 is 9.47 Å². The average molecular weight is 481 g/mol. The lowest BCUT2D eigenvalue weighted by molar-refractivity contribution is -0.143. The zero-order valence-corrected chi connectivity index (χ0v) is 20.9. The Labute approximate surface area is 207 Å². The maximum Gasteiger partial charge on any atom is 0.306 e. The summed E-state index contributed by atoms with van der Waals surface area (Å²) in [5.74, 6) is 1.53. The number of esters is 1. The van der Waals surface area contributed by atoms with Crippen LogP contribution in [0.15, 0.2) is 42.6 Å². The molecule has 0 aliphatic heterocycles. The van der Waals surface area contributed by atoms with Gasteiger partial charge in [0, 0.05) is 30.7 Å². The number of rotatable bonds is 14. The zero-order chi connectivity index (χ0) is 25.0. The molecule has 0 radical (unpaired) electrons. The van der Waals surface area contributed by atoms with Crippen molar-refractivity contribution in [3.05, 3.63) is 59.3 Å². The number of carbonyl (C=O) groups excluding carboxylic acids is 1. The maximum atomic E-state index is 11.8. The quantitative estimate of drug-likeness (QED) is 0.229. The molecule has 0 amide bonds. The van der Waals surface area contributed by atoms with E-state index in [1.807, 2.05) is 31.2 Å². The van der Waals surface area contributed by atoms with E-state index in [4.69, 9.17) is 14.2 Å². The number of ether oxygens (including phenoxy) is 3. The Hall–Kier alpha value is -3.48. The third kappa shape index (κ3) is 7.25. The number of nitrogens with zero attached hydrogens (tertiary/aromatic N) is 1. The monoisotopic (exact) mass is 480 g/mol. The van der Waals surface area contributed by atoms with Gasteiger partial charge < -0.3 is 19.3 Å². The highest BCUT2D eigenvalue weighted by Crippen LogP contribution is 2.35. The predicted molar refractivity (Wildman–Crippen MR) is 136 cm³/mol. The van der Waals surface area contributed by atoms with E-state index in [0.717, 1.165) is 47.4 Å². The molecule has 2 aromatic carbocycles. The molecule has 0 aliphatic carbocycles. The number of carbonyl (C=O) groups is 1. The molecule has 0 aliphatic rings. The smallest absolute Gasteiger partial charge is 0.306 e. The van der Waals surface area contributed by atoms with E-state index in [-0.39, 0.29) is 11.7 Å². The van der Waals surface area contributed by atoms with Crippen molar-refractivity contribution >= 4 is 5.97 Å². The van der Waals surface area contributed by atoms with Crippen LogP contribution in [0.1, 0.15) is 56.7 Å². The molecular formula is C28H36N2O5. The molecular weight excluding hydrogens is 444 g/mol. The summed E-state index contributed by atoms with van der Waals surface area (Å²) in [6, 6.07) is 11.5. The van der Waals surface area contributed by atoms with Gasteiger partial charge in [-0.1, -0.05) is 32.4 Å². The zero-order valence-electron chi connectivity index (χ0n) is 20.9. The number of aromatic nitrogens is 2. The van der Waals surface area contributed by atoms with Gasteiger partial charge in [-0.25, -0.2) is 0 Å². The molecule has 3 aromatic rings. The molecule has 7 heteroatoms. The van der Waals surface area contributed by atoms with Crippen LogP contribution in [0.4, 0.5) is 0 Å². The van der Waals surface area contributed by atoms with E-state index in [1.54, 1.807) is 12.3 Å². The van der Waals surface area contributed by atoms with Crippen LogP contribution in [0.5, 0.6) is 17.2 Å². The van der Waals surface area contributed by atoms with Gasteiger partial charge >= 0.3 is 5.97 Å². The number of phenolic OH excluding ortho intramolecular Hbond substituents is 1. The first-order valence-electron chi connectivity index (χ1n) is 12.4. The number of benzene rings is 2. The van der Waals surface area contributed by atoms with Gasteiger partial charge in [-0.15, -0.1) is 0 Å². The Morgan fingerprint density at radius 3 is 2.49 bits per heavy atom. The summed E-state index contributed by atoms with van der Waals surface area (Å²) in [5, 5.41) is 17.3. The number of aromatic amines is 1. The minimum atomic E-state index is -0.173. The Morgan fingerprint density at radius 2 is 1.80 bits per heavy atom. The lowest BCUT2D eigenvalue weighted by Crippen LogP contribution is -2.09. The second-order valence-corrected chi connectivity index (χ2v) is 8.30. The molecule has 1 aromatic heterocycles. The van der Waals surface area contributed by atoms with Crippen molar-refractivity contribution in [3.8, 4) is 28.5 Å². The third-order valence-corrected chi connectivity index (χ3v) is 5.79. The Morgan fingerprint density at radius 1 is 1.00 bits per heavy atom. The van der Waals surface area contributed by atoms with Crippen LogP contribution in [-0.4, -0.2) is 41.1 Å². The summed E-state index contributed by atoms with van der Waals surface area (Å²) >= 11 is 0. The fourth-order valence-corrected chi connectivity index (χ4v) is 4.05. The third-order valence-electron chi connectivity index (χ3n) is 5.79. The summed E-state index contributed by atoms with van der Waals surface area (Å²) in [5.41, 5.74) is 4.79. The fraction of sp³-hybridized carbons (Fsp3) is 0.429. The van der Waals surface area contributed by atoms with Crippen molar-refractivity contribution in [2.45, 2.75) is 59.3 Å². The largest absolute Gasteiger partial charge is 0.507 e. The van der Waals surface area contributed by atoms with E-state index in [0.29, 0.717) is 50.4 Å². The Kier molecular flexibility index (Phi) is 10.0. The second-order valence-electron chi connectivity index (χ2n) is 8.30. The fourth-order valence-electron chi connectivity index (χ4n) is 4.05. The predicted octanol–water partition coefficient (Wildman–Crippen LogP) is 5.64. The number of nitrogens with one attached hydrogen (secondary N) is 1.